The maximum atomic E-state index is 12.3. The van der Waals surface area contributed by atoms with Gasteiger partial charge in [-0.3, -0.25) is 4.79 Å². The molecule has 25 heavy (non-hydrogen) atoms. The molecule has 0 atom stereocenters. The molecule has 3 heteroatoms. The molecule has 1 aliphatic rings. The fourth-order valence-electron chi connectivity index (χ4n) is 3.61. The van der Waals surface area contributed by atoms with E-state index in [2.05, 4.69) is 40.9 Å². The summed E-state index contributed by atoms with van der Waals surface area (Å²) in [7, 11) is 0. The number of hydrogen-bond acceptors (Lipinski definition) is 2. The van der Waals surface area contributed by atoms with Gasteiger partial charge in [0.25, 0.3) is 5.91 Å². The molecule has 0 heterocycles. The number of nitrogens with zero attached hydrogens (tertiary/aromatic N) is 1. The topological polar surface area (TPSA) is 41.5 Å². The Morgan fingerprint density at radius 1 is 1.00 bits per heavy atom. The predicted molar refractivity (Wildman–Crippen MR) is 102 cm³/mol. The average Bonchev–Trinajstić information content (AvgIpc) is 3.05. The molecule has 0 fully saturated rings. The first kappa shape index (κ1) is 15.6. The van der Waals surface area contributed by atoms with Crippen LogP contribution in [0.2, 0.25) is 0 Å². The summed E-state index contributed by atoms with van der Waals surface area (Å²) in [4.78, 5) is 12.3. The van der Waals surface area contributed by atoms with Gasteiger partial charge in [-0.1, -0.05) is 48.0 Å². The van der Waals surface area contributed by atoms with Crippen LogP contribution in [0.4, 0.5) is 0 Å². The zero-order chi connectivity index (χ0) is 17.4. The molecule has 0 spiro atoms. The Bertz CT molecular complexity index is 1010. The molecule has 1 amide bonds. The van der Waals surface area contributed by atoms with Crippen LogP contribution >= 0.6 is 0 Å². The Kier molecular flexibility index (Phi) is 3.85. The lowest BCUT2D eigenvalue weighted by atomic mass is 9.98. The minimum Gasteiger partial charge on any atom is -0.267 e. The van der Waals surface area contributed by atoms with Gasteiger partial charge in [0, 0.05) is 11.1 Å². The third-order valence-electron chi connectivity index (χ3n) is 4.87. The van der Waals surface area contributed by atoms with Crippen molar-refractivity contribution in [2.45, 2.75) is 26.7 Å². The summed E-state index contributed by atoms with van der Waals surface area (Å²) in [6.45, 7) is 3.91. The van der Waals surface area contributed by atoms with Gasteiger partial charge in [0.1, 0.15) is 0 Å². The number of amides is 1. The molecular weight excluding hydrogens is 308 g/mol. The zero-order valence-electron chi connectivity index (χ0n) is 14.5. The third kappa shape index (κ3) is 2.82. The van der Waals surface area contributed by atoms with Crippen molar-refractivity contribution in [2.75, 3.05) is 0 Å². The summed E-state index contributed by atoms with van der Waals surface area (Å²) in [5, 5.41) is 6.93. The maximum absolute atomic E-state index is 12.3. The van der Waals surface area contributed by atoms with Gasteiger partial charge in [-0.25, -0.2) is 5.43 Å². The summed E-state index contributed by atoms with van der Waals surface area (Å²) >= 11 is 0. The van der Waals surface area contributed by atoms with Crippen LogP contribution in [0.15, 0.2) is 59.7 Å². The minimum atomic E-state index is -0.186. The normalized spacial score (nSPS) is 13.3. The third-order valence-corrected chi connectivity index (χ3v) is 4.87. The van der Waals surface area contributed by atoms with E-state index in [1.54, 1.807) is 6.07 Å². The summed E-state index contributed by atoms with van der Waals surface area (Å²) in [6, 6.07) is 18.3. The number of carbonyl (C=O) groups excluding carboxylic acids is 1. The Morgan fingerprint density at radius 2 is 1.76 bits per heavy atom. The summed E-state index contributed by atoms with van der Waals surface area (Å²) in [5.41, 5.74) is 9.07. The number of hydrogen-bond donors (Lipinski definition) is 1. The lowest BCUT2D eigenvalue weighted by Gasteiger charge is -2.09. The SMILES string of the molecule is C/C(=N\NC(=O)c1cccc(C)c1)c1ccc2c3c(cccc13)CC2. The number of carbonyl (C=O) groups is 1. The first-order valence-corrected chi connectivity index (χ1v) is 8.58. The second-order valence-corrected chi connectivity index (χ2v) is 6.62. The van der Waals surface area contributed by atoms with E-state index in [0.717, 1.165) is 29.7 Å². The quantitative estimate of drug-likeness (QED) is 0.562. The highest BCUT2D eigenvalue weighted by atomic mass is 16.2. The summed E-state index contributed by atoms with van der Waals surface area (Å²) in [6.07, 6.45) is 2.22. The first-order valence-electron chi connectivity index (χ1n) is 8.58. The Hall–Kier alpha value is -2.94. The molecule has 0 aliphatic heterocycles. The molecule has 3 aromatic carbocycles. The molecule has 4 rings (SSSR count). The van der Waals surface area contributed by atoms with Crippen molar-refractivity contribution in [1.29, 1.82) is 0 Å². The Balaban J connectivity index is 1.65. The second kappa shape index (κ2) is 6.17. The molecular formula is C22H20N2O. The lowest BCUT2D eigenvalue weighted by Crippen LogP contribution is -2.19. The largest absolute Gasteiger partial charge is 0.271 e. The maximum Gasteiger partial charge on any atom is 0.271 e. The van der Waals surface area contributed by atoms with E-state index in [1.807, 2.05) is 32.0 Å². The fourth-order valence-corrected chi connectivity index (χ4v) is 3.61. The lowest BCUT2D eigenvalue weighted by molar-refractivity contribution is 0.0954. The highest BCUT2D eigenvalue weighted by Gasteiger charge is 2.16. The highest BCUT2D eigenvalue weighted by Crippen LogP contribution is 2.32. The molecule has 0 bridgehead atoms. The fraction of sp³-hybridized carbons (Fsp3) is 0.182. The predicted octanol–water partition coefficient (Wildman–Crippen LogP) is 4.40. The van der Waals surface area contributed by atoms with Gasteiger partial charge in [-0.05, 0) is 60.7 Å². The molecule has 3 aromatic rings. The van der Waals surface area contributed by atoms with Gasteiger partial charge in [-0.15, -0.1) is 0 Å². The van der Waals surface area contributed by atoms with Crippen LogP contribution in [-0.4, -0.2) is 11.6 Å². The van der Waals surface area contributed by atoms with Crippen LogP contribution in [0.5, 0.6) is 0 Å². The number of nitrogens with one attached hydrogen (secondary N) is 1. The second-order valence-electron chi connectivity index (χ2n) is 6.62. The van der Waals surface area contributed by atoms with Crippen molar-refractivity contribution in [3.8, 4) is 0 Å². The zero-order valence-corrected chi connectivity index (χ0v) is 14.5. The molecule has 3 nitrogen and oxygen atoms in total. The van der Waals surface area contributed by atoms with Crippen LogP contribution in [-0.2, 0) is 12.8 Å². The van der Waals surface area contributed by atoms with Crippen LogP contribution in [0.1, 0.15) is 39.5 Å². The smallest absolute Gasteiger partial charge is 0.267 e. The van der Waals surface area contributed by atoms with Crippen molar-refractivity contribution in [1.82, 2.24) is 5.43 Å². The van der Waals surface area contributed by atoms with Gasteiger partial charge in [0.15, 0.2) is 0 Å². The van der Waals surface area contributed by atoms with Crippen molar-refractivity contribution < 1.29 is 4.79 Å². The van der Waals surface area contributed by atoms with Crippen molar-refractivity contribution in [3.05, 3.63) is 82.4 Å². The van der Waals surface area contributed by atoms with Gasteiger partial charge >= 0.3 is 0 Å². The number of aryl methyl sites for hydroxylation is 3. The molecule has 0 radical (unpaired) electrons. The highest BCUT2D eigenvalue weighted by molar-refractivity contribution is 6.11. The molecule has 1 aliphatic carbocycles. The van der Waals surface area contributed by atoms with Crippen LogP contribution in [0.3, 0.4) is 0 Å². The van der Waals surface area contributed by atoms with Crippen molar-refractivity contribution in [3.63, 3.8) is 0 Å². The number of benzene rings is 3. The number of hydrazone groups is 1. The van der Waals surface area contributed by atoms with Gasteiger partial charge < -0.3 is 0 Å². The van der Waals surface area contributed by atoms with Crippen LogP contribution < -0.4 is 5.43 Å². The monoisotopic (exact) mass is 328 g/mol. The van der Waals surface area contributed by atoms with E-state index in [9.17, 15) is 4.79 Å². The van der Waals surface area contributed by atoms with Crippen LogP contribution in [0.25, 0.3) is 10.8 Å². The summed E-state index contributed by atoms with van der Waals surface area (Å²) in [5.74, 6) is -0.186. The average molecular weight is 328 g/mol. The van der Waals surface area contributed by atoms with Gasteiger partial charge in [0.2, 0.25) is 0 Å². The molecule has 1 N–H and O–H groups in total. The van der Waals surface area contributed by atoms with Crippen molar-refractivity contribution in [2.24, 2.45) is 5.10 Å². The van der Waals surface area contributed by atoms with E-state index in [0.29, 0.717) is 5.56 Å². The molecule has 124 valence electrons. The number of rotatable bonds is 3. The van der Waals surface area contributed by atoms with E-state index in [-0.39, 0.29) is 5.91 Å². The van der Waals surface area contributed by atoms with E-state index in [4.69, 9.17) is 0 Å². The molecule has 0 aromatic heterocycles. The van der Waals surface area contributed by atoms with Gasteiger partial charge in [0.05, 0.1) is 5.71 Å². The van der Waals surface area contributed by atoms with Crippen molar-refractivity contribution >= 4 is 22.4 Å². The first-order chi connectivity index (χ1) is 12.1. The van der Waals surface area contributed by atoms with Crippen LogP contribution in [0, 0.1) is 6.92 Å². The molecule has 0 saturated carbocycles. The van der Waals surface area contributed by atoms with E-state index >= 15 is 0 Å². The minimum absolute atomic E-state index is 0.186. The van der Waals surface area contributed by atoms with E-state index in [1.165, 1.54) is 21.9 Å². The molecule has 0 saturated heterocycles. The Morgan fingerprint density at radius 3 is 2.56 bits per heavy atom. The van der Waals surface area contributed by atoms with E-state index < -0.39 is 0 Å². The molecule has 0 unspecified atom stereocenters. The Labute approximate surface area is 147 Å². The summed E-state index contributed by atoms with van der Waals surface area (Å²) < 4.78 is 0. The standard InChI is InChI=1S/C22H20N2O/c1-14-5-3-7-18(13-14)22(25)24-23-15(2)19-12-11-17-10-9-16-6-4-8-20(19)21(16)17/h3-8,11-13H,9-10H2,1-2H3,(H,24,25)/b23-15+. The van der Waals surface area contributed by atoms with Gasteiger partial charge in [-0.2, -0.15) is 5.10 Å².